The van der Waals surface area contributed by atoms with Crippen LogP contribution in [0.2, 0.25) is 0 Å². The molecule has 2 aliphatic rings. The number of rotatable bonds is 1. The minimum Gasteiger partial charge on any atom is -0.507 e. The summed E-state index contributed by atoms with van der Waals surface area (Å²) >= 11 is 0. The van der Waals surface area contributed by atoms with Crippen molar-refractivity contribution >= 4 is 10.9 Å². The Morgan fingerprint density at radius 1 is 1.00 bits per heavy atom. The predicted molar refractivity (Wildman–Crippen MR) is 123 cm³/mol. The molecular formula is C26H31FN2O3. The number of nitrogens with one attached hydrogen (secondary N) is 1. The van der Waals surface area contributed by atoms with Crippen molar-refractivity contribution in [2.24, 2.45) is 0 Å². The van der Waals surface area contributed by atoms with Gasteiger partial charge in [0, 0.05) is 41.0 Å². The number of benzene rings is 2. The molecule has 32 heavy (non-hydrogen) atoms. The molecule has 1 fully saturated rings. The molecule has 5 nitrogen and oxygen atoms in total. The Labute approximate surface area is 188 Å². The molecule has 2 aliphatic heterocycles. The summed E-state index contributed by atoms with van der Waals surface area (Å²) in [6, 6.07) is 12.2. The second-order valence-corrected chi connectivity index (χ2v) is 9.66. The Kier molecular flexibility index (Phi) is 5.48. The molecule has 170 valence electrons. The highest BCUT2D eigenvalue weighted by atomic mass is 19.1. The average Bonchev–Trinajstić information content (AvgIpc) is 3.15. The summed E-state index contributed by atoms with van der Waals surface area (Å²) in [5.74, 6) is -0.0224. The summed E-state index contributed by atoms with van der Waals surface area (Å²) in [7, 11) is 0. The number of phenolic OH excluding ortho intramolecular Hbond substituents is 1. The van der Waals surface area contributed by atoms with E-state index in [4.69, 9.17) is 9.47 Å². The lowest BCUT2D eigenvalue weighted by molar-refractivity contribution is 0.0127. The third kappa shape index (κ3) is 3.51. The highest BCUT2D eigenvalue weighted by molar-refractivity contribution is 5.94. The second-order valence-electron chi connectivity index (χ2n) is 9.66. The van der Waals surface area contributed by atoms with Gasteiger partial charge in [0.05, 0.1) is 24.3 Å². The smallest absolute Gasteiger partial charge is 0.125 e. The van der Waals surface area contributed by atoms with E-state index in [2.05, 4.69) is 23.7 Å². The summed E-state index contributed by atoms with van der Waals surface area (Å²) in [5, 5.41) is 15.8. The largest absolute Gasteiger partial charge is 0.507 e. The van der Waals surface area contributed by atoms with Gasteiger partial charge in [0.25, 0.3) is 0 Å². The van der Waals surface area contributed by atoms with E-state index in [0.29, 0.717) is 19.8 Å². The maximum atomic E-state index is 13.8. The molecule has 2 aromatic carbocycles. The van der Waals surface area contributed by atoms with Crippen LogP contribution in [0.4, 0.5) is 4.39 Å². The number of aromatic nitrogens is 1. The third-order valence-electron chi connectivity index (χ3n) is 6.81. The van der Waals surface area contributed by atoms with E-state index in [1.807, 2.05) is 12.1 Å². The van der Waals surface area contributed by atoms with Crippen LogP contribution in [0.1, 0.15) is 44.4 Å². The van der Waals surface area contributed by atoms with E-state index in [0.717, 1.165) is 60.3 Å². The van der Waals surface area contributed by atoms with Gasteiger partial charge in [-0.15, -0.1) is 0 Å². The number of hydrogen-bond acceptors (Lipinski definition) is 4. The number of aromatic hydroxyl groups is 1. The first-order chi connectivity index (χ1) is 15.4. The van der Waals surface area contributed by atoms with Gasteiger partial charge < -0.3 is 24.5 Å². The molecule has 3 heterocycles. The van der Waals surface area contributed by atoms with Crippen molar-refractivity contribution < 1.29 is 19.0 Å². The first-order valence-electron chi connectivity index (χ1n) is 11.5. The number of fused-ring (bicyclic) bond motifs is 4. The molecule has 1 atom stereocenters. The van der Waals surface area contributed by atoms with Gasteiger partial charge in [0.2, 0.25) is 0 Å². The van der Waals surface area contributed by atoms with Gasteiger partial charge in [-0.3, -0.25) is 0 Å². The maximum Gasteiger partial charge on any atom is 0.125 e. The predicted octanol–water partition coefficient (Wildman–Crippen LogP) is 4.77. The zero-order chi connectivity index (χ0) is 22.3. The molecular weight excluding hydrogens is 407 g/mol. The monoisotopic (exact) mass is 438 g/mol. The van der Waals surface area contributed by atoms with Gasteiger partial charge in [-0.25, -0.2) is 4.39 Å². The first-order valence-corrected chi connectivity index (χ1v) is 11.5. The highest BCUT2D eigenvalue weighted by Gasteiger charge is 2.44. The molecule has 3 aromatic rings. The van der Waals surface area contributed by atoms with Crippen molar-refractivity contribution in [2.75, 3.05) is 33.0 Å². The number of hydrogen-bond donors (Lipinski definition) is 2. The van der Waals surface area contributed by atoms with Crippen LogP contribution in [0.15, 0.2) is 42.5 Å². The fraction of sp³-hybridized carbons (Fsp3) is 0.462. The van der Waals surface area contributed by atoms with Crippen LogP contribution < -0.4 is 5.32 Å². The maximum absolute atomic E-state index is 13.8. The molecule has 0 saturated carbocycles. The zero-order valence-electron chi connectivity index (χ0n) is 18.8. The van der Waals surface area contributed by atoms with Crippen LogP contribution in [0, 0.1) is 5.82 Å². The Morgan fingerprint density at radius 2 is 1.75 bits per heavy atom. The number of nitrogens with zero attached hydrogens (tertiary/aromatic N) is 1. The Morgan fingerprint density at radius 3 is 2.50 bits per heavy atom. The molecule has 1 aromatic heterocycles. The van der Waals surface area contributed by atoms with Gasteiger partial charge in [-0.1, -0.05) is 19.9 Å². The standard InChI is InChI=1S/C26H31FN2O3/c1-25(2)16-31-15-5-13-28-26(12-4-14-32-17-26)23-22-20(6-3-7-21(22)30)29(24(23)25)19-10-8-18(27)9-11-19/h3,6-11,28,30H,4-5,12-17H2,1-2H3. The zero-order valence-corrected chi connectivity index (χ0v) is 18.8. The number of phenols is 1. The molecule has 5 rings (SSSR count). The fourth-order valence-electron chi connectivity index (χ4n) is 5.40. The minimum absolute atomic E-state index is 0.250. The van der Waals surface area contributed by atoms with E-state index in [-0.39, 0.29) is 17.0 Å². The minimum atomic E-state index is -0.412. The summed E-state index contributed by atoms with van der Waals surface area (Å²) in [5.41, 5.74) is 3.13. The Bertz CT molecular complexity index is 1110. The van der Waals surface area contributed by atoms with Crippen LogP contribution in [-0.4, -0.2) is 42.6 Å². The Hall–Kier alpha value is -2.41. The highest BCUT2D eigenvalue weighted by Crippen LogP contribution is 2.47. The van der Waals surface area contributed by atoms with Crippen LogP contribution in [0.25, 0.3) is 16.6 Å². The SMILES string of the molecule is CC1(C)COCCCNC2(CCCOC2)c2c1n(-c1ccc(F)cc1)c1cccc(O)c21. The lowest BCUT2D eigenvalue weighted by Gasteiger charge is -2.42. The first kappa shape index (κ1) is 21.4. The second kappa shape index (κ2) is 8.18. The molecule has 1 saturated heterocycles. The van der Waals surface area contributed by atoms with Crippen LogP contribution in [0.3, 0.4) is 0 Å². The summed E-state index contributed by atoms with van der Waals surface area (Å²) < 4.78 is 28.1. The normalized spacial score (nSPS) is 23.8. The summed E-state index contributed by atoms with van der Waals surface area (Å²) in [4.78, 5) is 0. The van der Waals surface area contributed by atoms with Gasteiger partial charge in [-0.05, 0) is 62.2 Å². The average molecular weight is 439 g/mol. The molecule has 0 amide bonds. The lowest BCUT2D eigenvalue weighted by Crippen LogP contribution is -2.51. The van der Waals surface area contributed by atoms with Crippen molar-refractivity contribution in [3.05, 3.63) is 59.5 Å². The number of ether oxygens (including phenoxy) is 2. The van der Waals surface area contributed by atoms with Crippen molar-refractivity contribution in [1.82, 2.24) is 9.88 Å². The number of halogens is 1. The van der Waals surface area contributed by atoms with Gasteiger partial charge in [-0.2, -0.15) is 0 Å². The fourth-order valence-corrected chi connectivity index (χ4v) is 5.40. The molecule has 2 N–H and O–H groups in total. The van der Waals surface area contributed by atoms with Gasteiger partial charge >= 0.3 is 0 Å². The third-order valence-corrected chi connectivity index (χ3v) is 6.81. The van der Waals surface area contributed by atoms with Crippen molar-refractivity contribution in [1.29, 1.82) is 0 Å². The van der Waals surface area contributed by atoms with Gasteiger partial charge in [0.1, 0.15) is 11.6 Å². The van der Waals surface area contributed by atoms with E-state index in [1.54, 1.807) is 18.2 Å². The molecule has 1 unspecified atom stereocenters. The van der Waals surface area contributed by atoms with Crippen molar-refractivity contribution in [3.8, 4) is 11.4 Å². The quantitative estimate of drug-likeness (QED) is 0.575. The topological polar surface area (TPSA) is 55.7 Å². The van der Waals surface area contributed by atoms with E-state index >= 15 is 0 Å². The lowest BCUT2D eigenvalue weighted by atomic mass is 9.76. The van der Waals surface area contributed by atoms with Gasteiger partial charge in [0.15, 0.2) is 0 Å². The summed E-state index contributed by atoms with van der Waals surface area (Å²) in [6.07, 6.45) is 2.78. The van der Waals surface area contributed by atoms with Crippen molar-refractivity contribution in [2.45, 2.75) is 44.1 Å². The van der Waals surface area contributed by atoms with E-state index < -0.39 is 5.54 Å². The van der Waals surface area contributed by atoms with Crippen LogP contribution in [0.5, 0.6) is 5.75 Å². The van der Waals surface area contributed by atoms with Crippen LogP contribution in [-0.2, 0) is 20.4 Å². The molecule has 6 heteroatoms. The molecule has 0 aliphatic carbocycles. The van der Waals surface area contributed by atoms with Crippen molar-refractivity contribution in [3.63, 3.8) is 0 Å². The van der Waals surface area contributed by atoms with E-state index in [1.165, 1.54) is 12.1 Å². The van der Waals surface area contributed by atoms with Crippen LogP contribution >= 0.6 is 0 Å². The molecule has 0 radical (unpaired) electrons. The Balaban J connectivity index is 1.91. The molecule has 1 spiro atoms. The summed E-state index contributed by atoms with van der Waals surface area (Å²) in [6.45, 7) is 7.70. The van der Waals surface area contributed by atoms with E-state index in [9.17, 15) is 9.50 Å². The molecule has 0 bridgehead atoms.